The smallest absolute Gasteiger partial charge is 0.152 e. The van der Waals surface area contributed by atoms with Gasteiger partial charge in [-0.3, -0.25) is 0 Å². The van der Waals surface area contributed by atoms with Crippen LogP contribution in [0.15, 0.2) is 103 Å². The molecule has 2 atom stereocenters. The Hall–Kier alpha value is -2.71. The molecule has 2 N–H and O–H groups in total. The van der Waals surface area contributed by atoms with Gasteiger partial charge in [0.05, 0.1) is 0 Å². The van der Waals surface area contributed by atoms with E-state index in [9.17, 15) is 5.11 Å². The number of nitrogens with one attached hydrogen (secondary N) is 1. The predicted molar refractivity (Wildman–Crippen MR) is 137 cm³/mol. The number of aliphatic hydroxyl groups is 1. The summed E-state index contributed by atoms with van der Waals surface area (Å²) in [4.78, 5) is 0. The van der Waals surface area contributed by atoms with E-state index in [4.69, 9.17) is 4.74 Å². The van der Waals surface area contributed by atoms with Crippen molar-refractivity contribution >= 4 is 29.3 Å². The second-order valence-corrected chi connectivity index (χ2v) is 10.4. The zero-order valence-electron chi connectivity index (χ0n) is 18.6. The van der Waals surface area contributed by atoms with Crippen LogP contribution in [0.4, 0.5) is 0 Å². The van der Waals surface area contributed by atoms with Crippen molar-refractivity contribution in [3.05, 3.63) is 103 Å². The minimum atomic E-state index is -0.976. The van der Waals surface area contributed by atoms with E-state index in [0.717, 1.165) is 16.5 Å². The average molecular weight is 444 g/mol. The molecule has 0 heterocycles. The van der Waals surface area contributed by atoms with Gasteiger partial charge in [0.25, 0.3) is 0 Å². The van der Waals surface area contributed by atoms with E-state index in [0.29, 0.717) is 6.54 Å². The Bertz CT molecular complexity index is 1070. The largest absolute Gasteiger partial charge is 0.482 e. The van der Waals surface area contributed by atoms with Gasteiger partial charge >= 0.3 is 0 Å². The zero-order valence-corrected chi connectivity index (χ0v) is 19.5. The van der Waals surface area contributed by atoms with Gasteiger partial charge in [0.1, 0.15) is 11.9 Å². The molecule has 0 fully saturated rings. The van der Waals surface area contributed by atoms with E-state index in [1.165, 1.54) is 10.6 Å². The molecule has 4 heteroatoms. The van der Waals surface area contributed by atoms with Crippen molar-refractivity contribution in [3.8, 4) is 5.75 Å². The lowest BCUT2D eigenvalue weighted by Gasteiger charge is -2.33. The number of hydrogen-bond donors (Lipinski definition) is 2. The first-order chi connectivity index (χ1) is 15.6. The third kappa shape index (κ3) is 5.37. The van der Waals surface area contributed by atoms with Crippen LogP contribution in [-0.4, -0.2) is 29.6 Å². The number of fused-ring (bicyclic) bond motifs is 1. The fourth-order valence-corrected chi connectivity index (χ4v) is 6.35. The fourth-order valence-electron chi connectivity index (χ4n) is 3.81. The van der Waals surface area contributed by atoms with E-state index in [1.807, 2.05) is 36.4 Å². The van der Waals surface area contributed by atoms with Gasteiger partial charge < -0.3 is 15.2 Å². The summed E-state index contributed by atoms with van der Waals surface area (Å²) in [5, 5.41) is 19.3. The highest BCUT2D eigenvalue weighted by molar-refractivity contribution is 7.73. The number of aliphatic hydroxyl groups excluding tert-OH is 1. The SMILES string of the molecule is CC(C)NCC(O)C(Oc1cccc2ccccc12)P(c1ccccc1)c1ccccc1. The maximum absolute atomic E-state index is 11.4. The Morgan fingerprint density at radius 3 is 1.94 bits per heavy atom. The molecule has 0 amide bonds. The van der Waals surface area contributed by atoms with Gasteiger partial charge in [-0.2, -0.15) is 0 Å². The molecule has 0 aliphatic carbocycles. The first-order valence-corrected chi connectivity index (χ1v) is 12.5. The quantitative estimate of drug-likeness (QED) is 0.356. The van der Waals surface area contributed by atoms with Gasteiger partial charge in [0.2, 0.25) is 0 Å². The van der Waals surface area contributed by atoms with Crippen molar-refractivity contribution in [2.45, 2.75) is 31.8 Å². The van der Waals surface area contributed by atoms with Gasteiger partial charge in [-0.25, -0.2) is 0 Å². The zero-order chi connectivity index (χ0) is 22.3. The number of hydrogen-bond acceptors (Lipinski definition) is 3. The normalized spacial score (nSPS) is 13.4. The molecular weight excluding hydrogens is 413 g/mol. The molecule has 0 radical (unpaired) electrons. The van der Waals surface area contributed by atoms with Crippen LogP contribution in [0.25, 0.3) is 10.8 Å². The lowest BCUT2D eigenvalue weighted by Crippen LogP contribution is -2.43. The minimum absolute atomic E-state index is 0.280. The molecule has 0 spiro atoms. The van der Waals surface area contributed by atoms with E-state index < -0.39 is 19.9 Å². The molecule has 164 valence electrons. The Morgan fingerprint density at radius 2 is 1.31 bits per heavy atom. The molecule has 0 bridgehead atoms. The highest BCUT2D eigenvalue weighted by atomic mass is 31.1. The second-order valence-electron chi connectivity index (χ2n) is 8.16. The van der Waals surface area contributed by atoms with Crippen LogP contribution in [0, 0.1) is 0 Å². The minimum Gasteiger partial charge on any atom is -0.482 e. The van der Waals surface area contributed by atoms with Gasteiger partial charge in [-0.05, 0) is 22.1 Å². The van der Waals surface area contributed by atoms with Crippen molar-refractivity contribution in [1.82, 2.24) is 5.32 Å². The summed E-state index contributed by atoms with van der Waals surface area (Å²) in [5.41, 5.74) is 0. The van der Waals surface area contributed by atoms with E-state index in [-0.39, 0.29) is 6.04 Å². The van der Waals surface area contributed by atoms with Crippen molar-refractivity contribution < 1.29 is 9.84 Å². The van der Waals surface area contributed by atoms with Gasteiger partial charge in [0.15, 0.2) is 5.85 Å². The summed E-state index contributed by atoms with van der Waals surface area (Å²) in [6.07, 6.45) is -0.678. The predicted octanol–water partition coefficient (Wildman–Crippen LogP) is 5.04. The Labute approximate surface area is 191 Å². The van der Waals surface area contributed by atoms with Crippen molar-refractivity contribution in [3.63, 3.8) is 0 Å². The van der Waals surface area contributed by atoms with E-state index in [2.05, 4.69) is 85.9 Å². The van der Waals surface area contributed by atoms with Crippen LogP contribution in [0.5, 0.6) is 5.75 Å². The topological polar surface area (TPSA) is 41.5 Å². The van der Waals surface area contributed by atoms with Crippen LogP contribution in [0.1, 0.15) is 13.8 Å². The summed E-state index contributed by atoms with van der Waals surface area (Å²) in [5.74, 6) is 0.392. The summed E-state index contributed by atoms with van der Waals surface area (Å²) in [6, 6.07) is 35.5. The van der Waals surface area contributed by atoms with Crippen LogP contribution < -0.4 is 20.7 Å². The molecule has 0 aromatic heterocycles. The van der Waals surface area contributed by atoms with E-state index in [1.54, 1.807) is 0 Å². The van der Waals surface area contributed by atoms with Crippen LogP contribution >= 0.6 is 7.92 Å². The van der Waals surface area contributed by atoms with Gasteiger partial charge in [-0.15, -0.1) is 0 Å². The summed E-state index contributed by atoms with van der Waals surface area (Å²) < 4.78 is 6.73. The Kier molecular flexibility index (Phi) is 7.55. The number of ether oxygens (including phenoxy) is 1. The molecule has 2 unspecified atom stereocenters. The van der Waals surface area contributed by atoms with Crippen molar-refractivity contribution in [2.24, 2.45) is 0 Å². The van der Waals surface area contributed by atoms with Crippen LogP contribution in [0.3, 0.4) is 0 Å². The third-order valence-electron chi connectivity index (χ3n) is 5.38. The van der Waals surface area contributed by atoms with Gasteiger partial charge in [-0.1, -0.05) is 111 Å². The monoisotopic (exact) mass is 443 g/mol. The first-order valence-electron chi connectivity index (χ1n) is 11.1. The molecule has 4 rings (SSSR count). The second kappa shape index (κ2) is 10.7. The third-order valence-corrected chi connectivity index (χ3v) is 8.05. The highest BCUT2D eigenvalue weighted by Crippen LogP contribution is 2.43. The molecule has 4 aromatic carbocycles. The molecular formula is C28H30NO2P. The Morgan fingerprint density at radius 1 is 0.750 bits per heavy atom. The molecule has 0 aliphatic heterocycles. The molecule has 4 aromatic rings. The van der Waals surface area contributed by atoms with Crippen molar-refractivity contribution in [2.75, 3.05) is 6.54 Å². The molecule has 0 saturated carbocycles. The standard InChI is InChI=1S/C28H30NO2P/c1-21(2)29-20-26(30)28(31-27-19-11-13-22-12-9-10-18-25(22)27)32(23-14-5-3-6-15-23)24-16-7-4-8-17-24/h3-19,21,26,28-30H,20H2,1-2H3. The fraction of sp³-hybridized carbons (Fsp3) is 0.214. The van der Waals surface area contributed by atoms with Gasteiger partial charge in [0, 0.05) is 25.9 Å². The average Bonchev–Trinajstić information content (AvgIpc) is 2.83. The van der Waals surface area contributed by atoms with Crippen molar-refractivity contribution in [1.29, 1.82) is 0 Å². The maximum atomic E-state index is 11.4. The molecule has 0 saturated heterocycles. The summed E-state index contributed by atoms with van der Waals surface area (Å²) in [6.45, 7) is 4.64. The lowest BCUT2D eigenvalue weighted by molar-refractivity contribution is 0.0835. The molecule has 32 heavy (non-hydrogen) atoms. The van der Waals surface area contributed by atoms with E-state index >= 15 is 0 Å². The number of benzene rings is 4. The maximum Gasteiger partial charge on any atom is 0.152 e. The first kappa shape index (κ1) is 22.5. The molecule has 3 nitrogen and oxygen atoms in total. The van der Waals surface area contributed by atoms with Crippen LogP contribution in [-0.2, 0) is 0 Å². The highest BCUT2D eigenvalue weighted by Gasteiger charge is 2.33. The lowest BCUT2D eigenvalue weighted by atomic mass is 10.1. The summed E-state index contributed by atoms with van der Waals surface area (Å²) >= 11 is 0. The summed E-state index contributed by atoms with van der Waals surface area (Å²) in [7, 11) is -0.976. The molecule has 0 aliphatic rings. The van der Waals surface area contributed by atoms with Crippen LogP contribution in [0.2, 0.25) is 0 Å². The Balaban J connectivity index is 1.79. The number of rotatable bonds is 9.